The second-order valence-corrected chi connectivity index (χ2v) is 15.1. The van der Waals surface area contributed by atoms with E-state index in [1.54, 1.807) is 25.3 Å². The number of hydrogen-bond donors (Lipinski definition) is 0. The maximum absolute atomic E-state index is 14.5. The maximum atomic E-state index is 14.5. The van der Waals surface area contributed by atoms with E-state index in [0.29, 0.717) is 28.7 Å². The largest absolute Gasteiger partial charge is 0.496 e. The van der Waals surface area contributed by atoms with Gasteiger partial charge in [0.15, 0.2) is 0 Å². The van der Waals surface area contributed by atoms with E-state index in [1.807, 2.05) is 59.7 Å². The lowest BCUT2D eigenvalue weighted by molar-refractivity contribution is -0.218. The number of aryl methyl sites for hydroxylation is 1. The van der Waals surface area contributed by atoms with Gasteiger partial charge in [-0.2, -0.15) is 13.2 Å². The fraction of sp³-hybridized carbons (Fsp3) is 0.579. The quantitative estimate of drug-likeness (QED) is 0.116. The summed E-state index contributed by atoms with van der Waals surface area (Å²) < 4.78 is 66.1. The summed E-state index contributed by atoms with van der Waals surface area (Å²) in [5.74, 6) is -2.47. The lowest BCUT2D eigenvalue weighted by Crippen LogP contribution is -2.43. The second-order valence-electron chi connectivity index (χ2n) is 15.1. The number of rotatable bonds is 11. The van der Waals surface area contributed by atoms with Gasteiger partial charge in [-0.05, 0) is 72.8 Å². The average molecular weight is 659 g/mol. The van der Waals surface area contributed by atoms with Crippen molar-refractivity contribution < 1.29 is 36.6 Å². The third kappa shape index (κ3) is 9.11. The molecule has 4 atom stereocenters. The highest BCUT2D eigenvalue weighted by molar-refractivity contribution is 5.84. The van der Waals surface area contributed by atoms with Crippen LogP contribution in [0.2, 0.25) is 0 Å². The van der Waals surface area contributed by atoms with Crippen LogP contribution in [0.25, 0.3) is 22.1 Å². The molecule has 9 heteroatoms. The number of carbonyl (C=O) groups excluding carboxylic acids is 1. The Morgan fingerprint density at radius 3 is 2.26 bits per heavy atom. The highest BCUT2D eigenvalue weighted by Crippen LogP contribution is 2.45. The van der Waals surface area contributed by atoms with Crippen LogP contribution in [0, 0.1) is 22.7 Å². The predicted octanol–water partition coefficient (Wildman–Crippen LogP) is 9.93. The highest BCUT2D eigenvalue weighted by Gasteiger charge is 2.56. The number of unbranched alkanes of at least 4 members (excludes halogenated alkanes) is 2. The van der Waals surface area contributed by atoms with Gasteiger partial charge in [0.05, 0.1) is 18.6 Å². The zero-order valence-corrected chi connectivity index (χ0v) is 28.9. The van der Waals surface area contributed by atoms with Gasteiger partial charge in [-0.3, -0.25) is 4.79 Å². The molecule has 4 unspecified atom stereocenters. The first-order chi connectivity index (χ1) is 21.9. The Balaban J connectivity index is 1.55. The van der Waals surface area contributed by atoms with E-state index in [9.17, 15) is 22.8 Å². The molecule has 47 heavy (non-hydrogen) atoms. The van der Waals surface area contributed by atoms with Crippen molar-refractivity contribution in [3.63, 3.8) is 0 Å². The Morgan fingerprint density at radius 2 is 1.64 bits per heavy atom. The van der Waals surface area contributed by atoms with Crippen molar-refractivity contribution >= 4 is 16.9 Å². The van der Waals surface area contributed by atoms with Gasteiger partial charge in [0.25, 0.3) is 0 Å². The van der Waals surface area contributed by atoms with Crippen LogP contribution in [0.4, 0.5) is 13.2 Å². The molecule has 0 amide bonds. The first-order valence-corrected chi connectivity index (χ1v) is 16.6. The molecule has 3 aromatic rings. The molecule has 1 aliphatic carbocycles. The lowest BCUT2D eigenvalue weighted by Gasteiger charge is -2.35. The van der Waals surface area contributed by atoms with Gasteiger partial charge in [-0.1, -0.05) is 73.4 Å². The zero-order valence-electron chi connectivity index (χ0n) is 28.9. The number of methoxy groups -OCH3 is 1. The Morgan fingerprint density at radius 1 is 0.936 bits per heavy atom. The Hall–Kier alpha value is -3.49. The van der Waals surface area contributed by atoms with Crippen molar-refractivity contribution in [2.75, 3.05) is 7.11 Å². The normalized spacial score (nSPS) is 19.5. The van der Waals surface area contributed by atoms with Crippen molar-refractivity contribution in [1.29, 1.82) is 0 Å². The van der Waals surface area contributed by atoms with Gasteiger partial charge in [0, 0.05) is 17.0 Å². The molecule has 1 saturated carbocycles. The number of ether oxygens (including phenoxy) is 3. The van der Waals surface area contributed by atoms with Gasteiger partial charge in [0.2, 0.25) is 0 Å². The molecule has 0 N–H and O–H groups in total. The molecule has 0 saturated heterocycles. The van der Waals surface area contributed by atoms with E-state index >= 15 is 0 Å². The number of carbonyl (C=O) groups is 1. The fourth-order valence-corrected chi connectivity index (χ4v) is 6.42. The predicted molar refractivity (Wildman–Crippen MR) is 178 cm³/mol. The van der Waals surface area contributed by atoms with Crippen LogP contribution in [0.15, 0.2) is 51.7 Å². The third-order valence-electron chi connectivity index (χ3n) is 8.95. The van der Waals surface area contributed by atoms with E-state index in [1.165, 1.54) is 6.07 Å². The number of esters is 1. The number of fused-ring (bicyclic) bond motifs is 1. The summed E-state index contributed by atoms with van der Waals surface area (Å²) >= 11 is 0. The Kier molecular flexibility index (Phi) is 11.1. The van der Waals surface area contributed by atoms with Crippen LogP contribution in [0.1, 0.15) is 92.6 Å². The van der Waals surface area contributed by atoms with E-state index in [4.69, 9.17) is 18.6 Å². The van der Waals surface area contributed by atoms with Gasteiger partial charge < -0.3 is 18.6 Å². The summed E-state index contributed by atoms with van der Waals surface area (Å²) in [6.07, 6.45) is -2.50. The first-order valence-electron chi connectivity index (χ1n) is 16.6. The summed E-state index contributed by atoms with van der Waals surface area (Å²) in [5.41, 5.74) is 0.926. The monoisotopic (exact) mass is 658 g/mol. The van der Waals surface area contributed by atoms with Gasteiger partial charge in [0.1, 0.15) is 35.2 Å². The number of alkyl halides is 3. The molecule has 1 aliphatic rings. The van der Waals surface area contributed by atoms with Crippen LogP contribution < -0.4 is 15.1 Å². The van der Waals surface area contributed by atoms with Crippen LogP contribution in [0.5, 0.6) is 11.5 Å². The average Bonchev–Trinajstić information content (AvgIpc) is 3.37. The van der Waals surface area contributed by atoms with Crippen molar-refractivity contribution in [3.05, 3.63) is 58.4 Å². The van der Waals surface area contributed by atoms with Crippen molar-refractivity contribution in [3.8, 4) is 22.6 Å². The molecule has 6 nitrogen and oxygen atoms in total. The minimum absolute atomic E-state index is 0.0260. The van der Waals surface area contributed by atoms with Crippen molar-refractivity contribution in [1.82, 2.24) is 0 Å². The van der Waals surface area contributed by atoms with Crippen molar-refractivity contribution in [2.45, 2.75) is 112 Å². The van der Waals surface area contributed by atoms with Crippen LogP contribution >= 0.6 is 0 Å². The third-order valence-corrected chi connectivity index (χ3v) is 8.95. The molecular formula is C38H49F3O6. The molecule has 0 bridgehead atoms. The standard InChI is InChI=1S/C38H49F3O6/c1-9-10-11-12-23-13-16-26(32(19-23)44-8)27-20-24-14-15-25(21-31(24)47-34(27)42)45-29-17-18-30(33(29)38(39,40)41)46-35(43)28(37(5,6)7)22-36(2,3)4/h13-16,19-21,28-30,33H,9-12,17-18,22H2,1-8H3. The van der Waals surface area contributed by atoms with Gasteiger partial charge in [-0.15, -0.1) is 0 Å². The van der Waals surface area contributed by atoms with Gasteiger partial charge in [-0.25, -0.2) is 4.79 Å². The Labute approximate surface area is 276 Å². The van der Waals surface area contributed by atoms with Crippen molar-refractivity contribution in [2.24, 2.45) is 22.7 Å². The summed E-state index contributed by atoms with van der Waals surface area (Å²) in [7, 11) is 1.55. The maximum Gasteiger partial charge on any atom is 0.398 e. The molecule has 4 rings (SSSR count). The molecule has 1 heterocycles. The number of benzene rings is 2. The molecule has 2 aromatic carbocycles. The summed E-state index contributed by atoms with van der Waals surface area (Å²) in [6, 6.07) is 12.1. The molecule has 0 spiro atoms. The first kappa shape index (κ1) is 36.3. The molecular weight excluding hydrogens is 609 g/mol. The zero-order chi connectivity index (χ0) is 34.7. The van der Waals surface area contributed by atoms with Gasteiger partial charge >= 0.3 is 17.8 Å². The summed E-state index contributed by atoms with van der Waals surface area (Å²) in [4.78, 5) is 26.4. The topological polar surface area (TPSA) is 75.0 Å². The smallest absolute Gasteiger partial charge is 0.398 e. The van der Waals surface area contributed by atoms with E-state index in [2.05, 4.69) is 6.92 Å². The van der Waals surface area contributed by atoms with E-state index < -0.39 is 47.2 Å². The SMILES string of the molecule is CCCCCc1ccc(-c2cc3ccc(OC4CCC(OC(=O)C(CC(C)(C)C)C(C)(C)C)C4C(F)(F)F)cc3oc2=O)c(OC)c1. The molecule has 0 aliphatic heterocycles. The van der Waals surface area contributed by atoms with Crippen LogP contribution in [-0.4, -0.2) is 31.5 Å². The second kappa shape index (κ2) is 14.3. The van der Waals surface area contributed by atoms with Crippen LogP contribution in [-0.2, 0) is 16.0 Å². The highest BCUT2D eigenvalue weighted by atomic mass is 19.4. The minimum Gasteiger partial charge on any atom is -0.496 e. The molecule has 1 fully saturated rings. The Bertz CT molecular complexity index is 1590. The molecule has 258 valence electrons. The molecule has 1 aromatic heterocycles. The summed E-state index contributed by atoms with van der Waals surface area (Å²) in [6.45, 7) is 13.8. The van der Waals surface area contributed by atoms with Crippen LogP contribution in [0.3, 0.4) is 0 Å². The summed E-state index contributed by atoms with van der Waals surface area (Å²) in [5, 5.41) is 0.582. The van der Waals surface area contributed by atoms with E-state index in [-0.39, 0.29) is 29.6 Å². The number of halogens is 3. The van der Waals surface area contributed by atoms with E-state index in [0.717, 1.165) is 31.2 Å². The number of hydrogen-bond acceptors (Lipinski definition) is 6. The minimum atomic E-state index is -4.66. The lowest BCUT2D eigenvalue weighted by atomic mass is 9.72. The molecule has 0 radical (unpaired) electrons. The fourth-order valence-electron chi connectivity index (χ4n) is 6.42.